The van der Waals surface area contributed by atoms with Crippen molar-refractivity contribution in [3.8, 4) is 11.3 Å². The van der Waals surface area contributed by atoms with Gasteiger partial charge in [0.05, 0.1) is 5.69 Å². The summed E-state index contributed by atoms with van der Waals surface area (Å²) in [4.78, 5) is 18.4. The smallest absolute Gasteiger partial charge is 0.347 e. The molecule has 0 saturated carbocycles. The average Bonchev–Trinajstić information content (AvgIpc) is 2.74. The monoisotopic (exact) mass is 241 g/mol. The van der Waals surface area contributed by atoms with Gasteiger partial charge < -0.3 is 10.3 Å². The molecule has 1 aromatic carbocycles. The highest BCUT2D eigenvalue weighted by Crippen LogP contribution is 2.29. The van der Waals surface area contributed by atoms with E-state index in [1.807, 2.05) is 0 Å². The van der Waals surface area contributed by atoms with E-state index < -0.39 is 0 Å². The SMILES string of the molecule is Cc1cc(C)cc(-c2[nH]c(=O)nc3c2CCN3)c1. The summed E-state index contributed by atoms with van der Waals surface area (Å²) in [5.74, 6) is 0.730. The number of fused-ring (bicyclic) bond motifs is 1. The molecule has 0 amide bonds. The van der Waals surface area contributed by atoms with Gasteiger partial charge in [0.2, 0.25) is 0 Å². The Bertz CT molecular complexity index is 653. The normalized spacial score (nSPS) is 13.2. The number of aromatic nitrogens is 2. The van der Waals surface area contributed by atoms with Crippen LogP contribution in [0.5, 0.6) is 0 Å². The van der Waals surface area contributed by atoms with Gasteiger partial charge in [0.15, 0.2) is 0 Å². The number of H-pyrrole nitrogens is 1. The number of benzene rings is 1. The molecule has 4 heteroatoms. The fraction of sp³-hybridized carbons (Fsp3) is 0.286. The number of nitrogens with zero attached hydrogens (tertiary/aromatic N) is 1. The Labute approximate surface area is 105 Å². The third-order valence-corrected chi connectivity index (χ3v) is 3.21. The van der Waals surface area contributed by atoms with Crippen molar-refractivity contribution in [3.05, 3.63) is 45.4 Å². The minimum absolute atomic E-state index is 0.294. The molecule has 0 atom stereocenters. The summed E-state index contributed by atoms with van der Waals surface area (Å²) in [6.45, 7) is 4.97. The predicted octanol–water partition coefficient (Wildman–Crippen LogP) is 2.02. The van der Waals surface area contributed by atoms with Crippen molar-refractivity contribution in [3.63, 3.8) is 0 Å². The fourth-order valence-electron chi connectivity index (χ4n) is 2.56. The van der Waals surface area contributed by atoms with Crippen molar-refractivity contribution in [2.24, 2.45) is 0 Å². The molecule has 1 aliphatic heterocycles. The number of hydrogen-bond acceptors (Lipinski definition) is 3. The zero-order valence-corrected chi connectivity index (χ0v) is 10.5. The van der Waals surface area contributed by atoms with Crippen molar-refractivity contribution in [2.75, 3.05) is 11.9 Å². The summed E-state index contributed by atoms with van der Waals surface area (Å²) >= 11 is 0. The second-order valence-electron chi connectivity index (χ2n) is 4.80. The van der Waals surface area contributed by atoms with Gasteiger partial charge in [-0.1, -0.05) is 17.2 Å². The second-order valence-corrected chi connectivity index (χ2v) is 4.80. The number of nitrogens with one attached hydrogen (secondary N) is 2. The van der Waals surface area contributed by atoms with Gasteiger partial charge >= 0.3 is 5.69 Å². The summed E-state index contributed by atoms with van der Waals surface area (Å²) in [7, 11) is 0. The zero-order valence-electron chi connectivity index (χ0n) is 10.5. The maximum absolute atomic E-state index is 11.6. The third kappa shape index (κ3) is 1.79. The van der Waals surface area contributed by atoms with Crippen molar-refractivity contribution in [2.45, 2.75) is 20.3 Å². The van der Waals surface area contributed by atoms with E-state index in [-0.39, 0.29) is 5.69 Å². The number of hydrogen-bond donors (Lipinski definition) is 2. The van der Waals surface area contributed by atoms with Crippen molar-refractivity contribution in [1.82, 2.24) is 9.97 Å². The molecule has 2 aromatic rings. The lowest BCUT2D eigenvalue weighted by atomic mass is 10.0. The van der Waals surface area contributed by atoms with Crippen molar-refractivity contribution >= 4 is 5.82 Å². The van der Waals surface area contributed by atoms with E-state index in [0.29, 0.717) is 0 Å². The lowest BCUT2D eigenvalue weighted by Crippen LogP contribution is -2.13. The summed E-state index contributed by atoms with van der Waals surface area (Å²) in [5.41, 5.74) is 5.18. The Morgan fingerprint density at radius 1 is 1.17 bits per heavy atom. The minimum Gasteiger partial charge on any atom is -0.369 e. The number of anilines is 1. The van der Waals surface area contributed by atoms with Gasteiger partial charge in [0, 0.05) is 12.1 Å². The van der Waals surface area contributed by atoms with Crippen LogP contribution < -0.4 is 11.0 Å². The van der Waals surface area contributed by atoms with E-state index in [0.717, 1.165) is 35.6 Å². The van der Waals surface area contributed by atoms with Crippen LogP contribution in [0.3, 0.4) is 0 Å². The molecule has 2 N–H and O–H groups in total. The summed E-state index contributed by atoms with van der Waals surface area (Å²) in [6.07, 6.45) is 0.904. The first kappa shape index (κ1) is 11.0. The van der Waals surface area contributed by atoms with Crippen molar-refractivity contribution < 1.29 is 0 Å². The first-order valence-corrected chi connectivity index (χ1v) is 6.09. The van der Waals surface area contributed by atoms with Crippen LogP contribution in [0, 0.1) is 13.8 Å². The molecule has 0 spiro atoms. The van der Waals surface area contributed by atoms with Crippen LogP contribution in [-0.4, -0.2) is 16.5 Å². The zero-order chi connectivity index (χ0) is 12.7. The molecule has 0 bridgehead atoms. The molecular weight excluding hydrogens is 226 g/mol. The van der Waals surface area contributed by atoms with Crippen LogP contribution >= 0.6 is 0 Å². The Hall–Kier alpha value is -2.10. The first-order valence-electron chi connectivity index (χ1n) is 6.09. The van der Waals surface area contributed by atoms with Gasteiger partial charge in [0.25, 0.3) is 0 Å². The lowest BCUT2D eigenvalue weighted by Gasteiger charge is -2.09. The Balaban J connectivity index is 2.26. The van der Waals surface area contributed by atoms with Gasteiger partial charge in [-0.3, -0.25) is 0 Å². The third-order valence-electron chi connectivity index (χ3n) is 3.21. The van der Waals surface area contributed by atoms with E-state index in [9.17, 15) is 4.79 Å². The molecule has 0 unspecified atom stereocenters. The van der Waals surface area contributed by atoms with Crippen LogP contribution in [0.1, 0.15) is 16.7 Å². The van der Waals surface area contributed by atoms with Gasteiger partial charge in [-0.25, -0.2) is 4.79 Å². The van der Waals surface area contributed by atoms with E-state index >= 15 is 0 Å². The topological polar surface area (TPSA) is 57.8 Å². The fourth-order valence-corrected chi connectivity index (χ4v) is 2.56. The van der Waals surface area contributed by atoms with Gasteiger partial charge in [-0.05, 0) is 38.0 Å². The largest absolute Gasteiger partial charge is 0.369 e. The predicted molar refractivity (Wildman–Crippen MR) is 72.0 cm³/mol. The highest BCUT2D eigenvalue weighted by atomic mass is 16.1. The molecule has 92 valence electrons. The molecule has 18 heavy (non-hydrogen) atoms. The summed E-state index contributed by atoms with van der Waals surface area (Å²) < 4.78 is 0. The molecule has 0 radical (unpaired) electrons. The van der Waals surface area contributed by atoms with Crippen LogP contribution in [0.4, 0.5) is 5.82 Å². The molecule has 1 aromatic heterocycles. The van der Waals surface area contributed by atoms with E-state index in [1.54, 1.807) is 0 Å². The molecule has 0 aliphatic carbocycles. The van der Waals surface area contributed by atoms with Crippen molar-refractivity contribution in [1.29, 1.82) is 0 Å². The van der Waals surface area contributed by atoms with Crippen LogP contribution in [0.15, 0.2) is 23.0 Å². The van der Waals surface area contributed by atoms with E-state index in [1.165, 1.54) is 11.1 Å². The van der Waals surface area contributed by atoms with E-state index in [4.69, 9.17) is 0 Å². The molecule has 0 fully saturated rings. The summed E-state index contributed by atoms with van der Waals surface area (Å²) in [6, 6.07) is 6.31. The number of aryl methyl sites for hydroxylation is 2. The molecule has 4 nitrogen and oxygen atoms in total. The van der Waals surface area contributed by atoms with Crippen LogP contribution in [0.25, 0.3) is 11.3 Å². The average molecular weight is 241 g/mol. The maximum Gasteiger partial charge on any atom is 0.347 e. The highest BCUT2D eigenvalue weighted by molar-refractivity contribution is 5.70. The maximum atomic E-state index is 11.6. The number of rotatable bonds is 1. The lowest BCUT2D eigenvalue weighted by molar-refractivity contribution is 1.06. The van der Waals surface area contributed by atoms with E-state index in [2.05, 4.69) is 47.3 Å². The standard InChI is InChI=1S/C14H15N3O/c1-8-5-9(2)7-10(6-8)12-11-3-4-15-13(11)17-14(18)16-12/h5-7H,3-4H2,1-2H3,(H2,15,16,17,18). The molecular formula is C14H15N3O. The van der Waals surface area contributed by atoms with Crippen LogP contribution in [0.2, 0.25) is 0 Å². The molecule has 0 saturated heterocycles. The van der Waals surface area contributed by atoms with Crippen LogP contribution in [-0.2, 0) is 6.42 Å². The Kier molecular flexibility index (Phi) is 2.44. The molecule has 3 rings (SSSR count). The molecule has 2 heterocycles. The number of aromatic amines is 1. The molecule has 1 aliphatic rings. The van der Waals surface area contributed by atoms with Gasteiger partial charge in [-0.15, -0.1) is 0 Å². The highest BCUT2D eigenvalue weighted by Gasteiger charge is 2.18. The second kappa shape index (κ2) is 3.98. The summed E-state index contributed by atoms with van der Waals surface area (Å²) in [5, 5.41) is 3.15. The Morgan fingerprint density at radius 3 is 2.61 bits per heavy atom. The Morgan fingerprint density at radius 2 is 1.89 bits per heavy atom. The first-order chi connectivity index (χ1) is 8.63. The van der Waals surface area contributed by atoms with Gasteiger partial charge in [0.1, 0.15) is 5.82 Å². The van der Waals surface area contributed by atoms with Gasteiger partial charge in [-0.2, -0.15) is 4.98 Å². The quantitative estimate of drug-likeness (QED) is 0.803. The minimum atomic E-state index is -0.294.